The highest BCUT2D eigenvalue weighted by molar-refractivity contribution is 5.85. The minimum atomic E-state index is -0.630. The molecule has 2 fully saturated rings. The lowest BCUT2D eigenvalue weighted by Crippen LogP contribution is -2.71. The minimum absolute atomic E-state index is 0.0597. The molecule has 3 atom stereocenters. The largest absolute Gasteiger partial charge is 0.356 e. The number of nitrogens with zero attached hydrogens (tertiary/aromatic N) is 1. The molecule has 9 heteroatoms. The summed E-state index contributed by atoms with van der Waals surface area (Å²) >= 11 is 0. The van der Waals surface area contributed by atoms with Gasteiger partial charge in [0.15, 0.2) is 12.0 Å². The van der Waals surface area contributed by atoms with Gasteiger partial charge >= 0.3 is 0 Å². The van der Waals surface area contributed by atoms with Crippen LogP contribution in [0.4, 0.5) is 0 Å². The van der Waals surface area contributed by atoms with Crippen molar-refractivity contribution in [3.8, 4) is 11.3 Å². The molecule has 4 rings (SSSR count). The third-order valence-corrected chi connectivity index (χ3v) is 4.16. The van der Waals surface area contributed by atoms with Crippen molar-refractivity contribution in [1.82, 2.24) is 31.7 Å². The van der Waals surface area contributed by atoms with Crippen LogP contribution in [-0.4, -0.2) is 42.1 Å². The van der Waals surface area contributed by atoms with Gasteiger partial charge in [-0.1, -0.05) is 35.5 Å². The zero-order valence-corrected chi connectivity index (χ0v) is 13.3. The second kappa shape index (κ2) is 6.63. The number of carbonyl (C=O) groups excluding carboxylic acids is 2. The molecular weight excluding hydrogens is 324 g/mol. The SMILES string of the molecule is O=C(Cc1cc(-c2ccccc2)on1)NC1NC(=O)C2NCNC2N1. The molecule has 2 aliphatic rings. The Morgan fingerprint density at radius 3 is 2.96 bits per heavy atom. The predicted octanol–water partition coefficient (Wildman–Crippen LogP) is -1.15. The van der Waals surface area contributed by atoms with E-state index in [1.807, 2.05) is 30.3 Å². The van der Waals surface area contributed by atoms with Crippen molar-refractivity contribution >= 4 is 11.8 Å². The molecular formula is C16H18N6O3. The van der Waals surface area contributed by atoms with E-state index in [1.54, 1.807) is 6.07 Å². The second-order valence-corrected chi connectivity index (χ2v) is 5.94. The molecule has 0 spiro atoms. The summed E-state index contributed by atoms with van der Waals surface area (Å²) in [7, 11) is 0. The zero-order valence-electron chi connectivity index (χ0n) is 13.3. The van der Waals surface area contributed by atoms with Gasteiger partial charge in [-0.15, -0.1) is 0 Å². The van der Waals surface area contributed by atoms with Gasteiger partial charge in [-0.05, 0) is 0 Å². The summed E-state index contributed by atoms with van der Waals surface area (Å²) in [4.78, 5) is 24.2. The highest BCUT2D eigenvalue weighted by Crippen LogP contribution is 2.19. The first-order valence-corrected chi connectivity index (χ1v) is 8.02. The van der Waals surface area contributed by atoms with E-state index in [0.717, 1.165) is 5.56 Å². The molecule has 0 radical (unpaired) electrons. The van der Waals surface area contributed by atoms with Gasteiger partial charge in [0, 0.05) is 18.3 Å². The molecule has 0 bridgehead atoms. The smallest absolute Gasteiger partial charge is 0.242 e. The van der Waals surface area contributed by atoms with E-state index in [4.69, 9.17) is 4.52 Å². The summed E-state index contributed by atoms with van der Waals surface area (Å²) in [6.45, 7) is 0.539. The first kappa shape index (κ1) is 15.8. The summed E-state index contributed by atoms with van der Waals surface area (Å²) in [6.07, 6.45) is -0.783. The summed E-state index contributed by atoms with van der Waals surface area (Å²) in [5.41, 5.74) is 1.42. The van der Waals surface area contributed by atoms with Crippen LogP contribution in [0.2, 0.25) is 0 Å². The van der Waals surface area contributed by atoms with Crippen LogP contribution in [-0.2, 0) is 16.0 Å². The van der Waals surface area contributed by atoms with Crippen molar-refractivity contribution in [3.63, 3.8) is 0 Å². The lowest BCUT2D eigenvalue weighted by atomic mass is 10.1. The Bertz CT molecular complexity index is 777. The Labute approximate surface area is 143 Å². The fraction of sp³-hybridized carbons (Fsp3) is 0.312. The van der Waals surface area contributed by atoms with Crippen molar-refractivity contribution in [2.75, 3.05) is 6.67 Å². The molecule has 2 aromatic rings. The van der Waals surface area contributed by atoms with Crippen molar-refractivity contribution in [2.24, 2.45) is 0 Å². The maximum Gasteiger partial charge on any atom is 0.242 e. The van der Waals surface area contributed by atoms with Gasteiger partial charge in [0.2, 0.25) is 11.8 Å². The van der Waals surface area contributed by atoms with Gasteiger partial charge in [0.25, 0.3) is 0 Å². The number of fused-ring (bicyclic) bond motifs is 1. The summed E-state index contributed by atoms with van der Waals surface area (Å²) in [5.74, 6) is 0.179. The molecule has 25 heavy (non-hydrogen) atoms. The van der Waals surface area contributed by atoms with E-state index in [1.165, 1.54) is 0 Å². The van der Waals surface area contributed by atoms with E-state index in [-0.39, 0.29) is 30.4 Å². The fourth-order valence-electron chi connectivity index (χ4n) is 2.95. The summed E-state index contributed by atoms with van der Waals surface area (Å²) in [5, 5.41) is 18.6. The number of benzene rings is 1. The van der Waals surface area contributed by atoms with Gasteiger partial charge < -0.3 is 15.2 Å². The lowest BCUT2D eigenvalue weighted by Gasteiger charge is -2.33. The predicted molar refractivity (Wildman–Crippen MR) is 87.6 cm³/mol. The van der Waals surface area contributed by atoms with Crippen LogP contribution in [0.15, 0.2) is 40.9 Å². The quantitative estimate of drug-likeness (QED) is 0.476. The van der Waals surface area contributed by atoms with E-state index in [9.17, 15) is 9.59 Å². The maximum atomic E-state index is 12.2. The van der Waals surface area contributed by atoms with Crippen LogP contribution >= 0.6 is 0 Å². The van der Waals surface area contributed by atoms with Crippen LogP contribution in [0.25, 0.3) is 11.3 Å². The molecule has 5 N–H and O–H groups in total. The molecule has 2 aliphatic heterocycles. The molecule has 130 valence electrons. The molecule has 9 nitrogen and oxygen atoms in total. The number of hydrogen-bond acceptors (Lipinski definition) is 7. The third kappa shape index (κ3) is 3.38. The van der Waals surface area contributed by atoms with Crippen molar-refractivity contribution in [3.05, 3.63) is 42.1 Å². The molecule has 0 saturated carbocycles. The molecule has 3 heterocycles. The Hall–Kier alpha value is -2.75. The Balaban J connectivity index is 1.35. The third-order valence-electron chi connectivity index (χ3n) is 4.16. The number of rotatable bonds is 4. The van der Waals surface area contributed by atoms with E-state index < -0.39 is 6.29 Å². The monoisotopic (exact) mass is 342 g/mol. The minimum Gasteiger partial charge on any atom is -0.356 e. The molecule has 3 unspecified atom stereocenters. The number of carbonyl (C=O) groups is 2. The lowest BCUT2D eigenvalue weighted by molar-refractivity contribution is -0.128. The van der Waals surface area contributed by atoms with Crippen LogP contribution in [0, 0.1) is 0 Å². The number of nitrogens with one attached hydrogen (secondary N) is 5. The zero-order chi connectivity index (χ0) is 17.2. The Kier molecular flexibility index (Phi) is 4.18. The van der Waals surface area contributed by atoms with Gasteiger partial charge in [0.05, 0.1) is 18.3 Å². The number of hydrogen-bond donors (Lipinski definition) is 5. The van der Waals surface area contributed by atoms with Crippen molar-refractivity contribution in [1.29, 1.82) is 0 Å². The van der Waals surface area contributed by atoms with E-state index >= 15 is 0 Å². The molecule has 1 aromatic heterocycles. The van der Waals surface area contributed by atoms with Crippen LogP contribution in [0.1, 0.15) is 5.69 Å². The molecule has 2 amide bonds. The second-order valence-electron chi connectivity index (χ2n) is 5.94. The highest BCUT2D eigenvalue weighted by atomic mass is 16.5. The average Bonchev–Trinajstić information content (AvgIpc) is 3.25. The maximum absolute atomic E-state index is 12.2. The topological polar surface area (TPSA) is 120 Å². The molecule has 0 aliphatic carbocycles. The average molecular weight is 342 g/mol. The fourth-order valence-corrected chi connectivity index (χ4v) is 2.95. The van der Waals surface area contributed by atoms with Crippen molar-refractivity contribution in [2.45, 2.75) is 24.9 Å². The Morgan fingerprint density at radius 2 is 2.12 bits per heavy atom. The number of aromatic nitrogens is 1. The van der Waals surface area contributed by atoms with E-state index in [2.05, 4.69) is 31.7 Å². The normalized spacial score (nSPS) is 25.3. The van der Waals surface area contributed by atoms with E-state index in [0.29, 0.717) is 18.1 Å². The van der Waals surface area contributed by atoms with Crippen LogP contribution in [0.3, 0.4) is 0 Å². The highest BCUT2D eigenvalue weighted by Gasteiger charge is 2.39. The van der Waals surface area contributed by atoms with Gasteiger partial charge in [-0.2, -0.15) is 0 Å². The van der Waals surface area contributed by atoms with Gasteiger partial charge in [-0.3, -0.25) is 25.5 Å². The summed E-state index contributed by atoms with van der Waals surface area (Å²) in [6, 6.07) is 10.9. The first-order valence-electron chi connectivity index (χ1n) is 8.02. The first-order chi connectivity index (χ1) is 12.2. The van der Waals surface area contributed by atoms with Crippen molar-refractivity contribution < 1.29 is 14.1 Å². The molecule has 2 saturated heterocycles. The van der Waals surface area contributed by atoms with Gasteiger partial charge in [-0.25, -0.2) is 0 Å². The molecule has 1 aromatic carbocycles. The summed E-state index contributed by atoms with van der Waals surface area (Å²) < 4.78 is 5.28. The Morgan fingerprint density at radius 1 is 1.28 bits per heavy atom. The van der Waals surface area contributed by atoms with Crippen LogP contribution < -0.4 is 26.6 Å². The standard InChI is InChI=1S/C16H18N6O3/c23-12(19-16-20-14-13(15(24)21-16)17-8-18-14)7-10-6-11(25-22-10)9-4-2-1-3-5-9/h1-6,13-14,16-18,20H,7-8H2,(H,19,23)(H,21,24). The van der Waals surface area contributed by atoms with Crippen LogP contribution in [0.5, 0.6) is 0 Å². The van der Waals surface area contributed by atoms with Gasteiger partial charge in [0.1, 0.15) is 6.04 Å². The number of amides is 2.